The first-order chi connectivity index (χ1) is 16.6. The second-order valence-electron chi connectivity index (χ2n) is 8.95. The molecule has 34 heavy (non-hydrogen) atoms. The zero-order valence-corrected chi connectivity index (χ0v) is 18.7. The van der Waals surface area contributed by atoms with Gasteiger partial charge in [0, 0.05) is 24.9 Å². The first kappa shape index (κ1) is 22.1. The Bertz CT molecular complexity index is 1220. The quantitative estimate of drug-likeness (QED) is 0.571. The number of nitrogens with zero attached hydrogens (tertiary/aromatic N) is 2. The summed E-state index contributed by atoms with van der Waals surface area (Å²) < 4.78 is 19.4. The van der Waals surface area contributed by atoms with Crippen molar-refractivity contribution in [3.05, 3.63) is 94.8 Å². The highest BCUT2D eigenvalue weighted by Crippen LogP contribution is 2.44. The van der Waals surface area contributed by atoms with E-state index in [9.17, 15) is 14.3 Å². The molecule has 0 bridgehead atoms. The zero-order valence-electron chi connectivity index (χ0n) is 18.7. The van der Waals surface area contributed by atoms with Crippen LogP contribution in [-0.4, -0.2) is 35.8 Å². The molecule has 2 unspecified atom stereocenters. The fourth-order valence-corrected chi connectivity index (χ4v) is 5.20. The average molecular weight is 457 g/mol. The number of ether oxygens (including phenoxy) is 1. The van der Waals surface area contributed by atoms with E-state index < -0.39 is 18.0 Å². The fraction of sp³-hybridized carbons (Fsp3) is 0.286. The maximum atomic E-state index is 13.7. The summed E-state index contributed by atoms with van der Waals surface area (Å²) in [5.41, 5.74) is 5.06. The van der Waals surface area contributed by atoms with Crippen molar-refractivity contribution in [3.8, 4) is 17.2 Å². The van der Waals surface area contributed by atoms with E-state index in [1.165, 1.54) is 29.3 Å². The summed E-state index contributed by atoms with van der Waals surface area (Å²) in [6.07, 6.45) is 0.179. The van der Waals surface area contributed by atoms with Crippen LogP contribution in [0.3, 0.4) is 0 Å². The smallest absolute Gasteiger partial charge is 0.409 e. The molecule has 2 atom stereocenters. The predicted octanol–water partition coefficient (Wildman–Crippen LogP) is 5.39. The molecule has 0 aromatic heterocycles. The normalized spacial score (nSPS) is 18.0. The molecule has 3 aromatic rings. The summed E-state index contributed by atoms with van der Waals surface area (Å²) in [5, 5.41) is 19.9. The third-order valence-electron chi connectivity index (χ3n) is 6.95. The van der Waals surface area contributed by atoms with Gasteiger partial charge >= 0.3 is 6.09 Å². The lowest BCUT2D eigenvalue weighted by Crippen LogP contribution is -2.42. The molecule has 1 fully saturated rings. The third-order valence-corrected chi connectivity index (χ3v) is 6.95. The van der Waals surface area contributed by atoms with Crippen molar-refractivity contribution in [2.45, 2.75) is 24.9 Å². The summed E-state index contributed by atoms with van der Waals surface area (Å²) in [5.74, 6) is -0.834. The van der Waals surface area contributed by atoms with Gasteiger partial charge in [0.05, 0.1) is 11.7 Å². The Morgan fingerprint density at radius 3 is 2.47 bits per heavy atom. The van der Waals surface area contributed by atoms with Crippen LogP contribution < -0.4 is 0 Å². The number of hydrogen-bond donors (Lipinski definition) is 1. The van der Waals surface area contributed by atoms with E-state index in [0.717, 1.165) is 24.0 Å². The molecule has 3 aromatic carbocycles. The molecule has 0 saturated carbocycles. The van der Waals surface area contributed by atoms with E-state index in [1.807, 2.05) is 30.3 Å². The lowest BCUT2D eigenvalue weighted by Gasteiger charge is -2.35. The molecule has 1 aliphatic heterocycles. The van der Waals surface area contributed by atoms with Crippen molar-refractivity contribution in [2.24, 2.45) is 5.92 Å². The number of fused-ring (bicyclic) bond motifs is 3. The summed E-state index contributed by atoms with van der Waals surface area (Å²) in [4.78, 5) is 14.6. The number of aliphatic hydroxyl groups excluding tert-OH is 1. The Morgan fingerprint density at radius 2 is 1.79 bits per heavy atom. The van der Waals surface area contributed by atoms with Crippen LogP contribution in [-0.2, 0) is 4.74 Å². The van der Waals surface area contributed by atoms with E-state index in [2.05, 4.69) is 24.3 Å². The van der Waals surface area contributed by atoms with Gasteiger partial charge in [-0.25, -0.2) is 9.18 Å². The van der Waals surface area contributed by atoms with Crippen LogP contribution in [0.5, 0.6) is 0 Å². The molecule has 1 N–H and O–H groups in total. The van der Waals surface area contributed by atoms with Gasteiger partial charge in [-0.15, -0.1) is 0 Å². The van der Waals surface area contributed by atoms with Crippen LogP contribution in [0, 0.1) is 23.1 Å². The molecule has 172 valence electrons. The lowest BCUT2D eigenvalue weighted by atomic mass is 9.88. The number of aliphatic hydroxyl groups is 1. The van der Waals surface area contributed by atoms with Gasteiger partial charge in [0.2, 0.25) is 0 Å². The van der Waals surface area contributed by atoms with Gasteiger partial charge in [-0.3, -0.25) is 0 Å². The second kappa shape index (κ2) is 9.28. The number of carbonyl (C=O) groups excluding carboxylic acids is 1. The SMILES string of the molecule is N#Cc1cc(C(O)C2CCCN(C(=O)OCC3c4ccccc4-c4ccccc43)C2)ccc1F. The maximum Gasteiger partial charge on any atom is 0.409 e. The molecule has 1 amide bonds. The highest BCUT2D eigenvalue weighted by molar-refractivity contribution is 5.79. The molecular weight excluding hydrogens is 431 g/mol. The van der Waals surface area contributed by atoms with Gasteiger partial charge in [-0.1, -0.05) is 54.6 Å². The summed E-state index contributed by atoms with van der Waals surface area (Å²) >= 11 is 0. The molecule has 5 rings (SSSR count). The number of halogens is 1. The monoisotopic (exact) mass is 456 g/mol. The van der Waals surface area contributed by atoms with E-state index >= 15 is 0 Å². The zero-order chi connectivity index (χ0) is 23.7. The van der Waals surface area contributed by atoms with Crippen LogP contribution in [0.1, 0.15) is 47.1 Å². The minimum atomic E-state index is -0.892. The number of rotatable bonds is 4. The van der Waals surface area contributed by atoms with Crippen molar-refractivity contribution in [1.29, 1.82) is 5.26 Å². The van der Waals surface area contributed by atoms with Crippen LogP contribution in [0.25, 0.3) is 11.1 Å². The van der Waals surface area contributed by atoms with Crippen molar-refractivity contribution >= 4 is 6.09 Å². The van der Waals surface area contributed by atoms with Crippen molar-refractivity contribution in [1.82, 2.24) is 4.90 Å². The van der Waals surface area contributed by atoms with Crippen molar-refractivity contribution in [2.75, 3.05) is 19.7 Å². The molecule has 1 aliphatic carbocycles. The highest BCUT2D eigenvalue weighted by atomic mass is 19.1. The minimum absolute atomic E-state index is 0.00820. The van der Waals surface area contributed by atoms with Gasteiger partial charge in [-0.2, -0.15) is 5.26 Å². The largest absolute Gasteiger partial charge is 0.448 e. The number of nitriles is 1. The maximum absolute atomic E-state index is 13.7. The standard InChI is InChI=1S/C28H25FN2O3/c29-26-12-11-18(14-20(26)15-30)27(32)19-6-5-13-31(16-19)28(33)34-17-25-23-9-3-1-7-21(23)22-8-2-4-10-24(22)25/h1-4,7-12,14,19,25,27,32H,5-6,13,16-17H2. The minimum Gasteiger partial charge on any atom is -0.448 e. The Balaban J connectivity index is 1.26. The molecule has 0 spiro atoms. The van der Waals surface area contributed by atoms with Crippen LogP contribution in [0.2, 0.25) is 0 Å². The Labute approximate surface area is 198 Å². The number of piperidine rings is 1. The molecule has 6 heteroatoms. The average Bonchev–Trinajstić information content (AvgIpc) is 3.21. The van der Waals surface area contributed by atoms with Crippen LogP contribution in [0.15, 0.2) is 66.7 Å². The highest BCUT2D eigenvalue weighted by Gasteiger charge is 2.33. The summed E-state index contributed by atoms with van der Waals surface area (Å²) in [6.45, 7) is 1.16. The Hall–Kier alpha value is -3.69. The fourth-order valence-electron chi connectivity index (χ4n) is 5.20. The van der Waals surface area contributed by atoms with E-state index in [1.54, 1.807) is 4.90 Å². The van der Waals surface area contributed by atoms with E-state index in [4.69, 9.17) is 10.00 Å². The van der Waals surface area contributed by atoms with Gasteiger partial charge in [0.25, 0.3) is 0 Å². The number of amides is 1. The Kier molecular flexibility index (Phi) is 6.04. The lowest BCUT2D eigenvalue weighted by molar-refractivity contribution is 0.0385. The number of benzene rings is 3. The van der Waals surface area contributed by atoms with Gasteiger partial charge in [0.1, 0.15) is 18.5 Å². The van der Waals surface area contributed by atoms with Crippen LogP contribution >= 0.6 is 0 Å². The van der Waals surface area contributed by atoms with Crippen LogP contribution in [0.4, 0.5) is 9.18 Å². The molecule has 1 saturated heterocycles. The van der Waals surface area contributed by atoms with E-state index in [0.29, 0.717) is 18.7 Å². The first-order valence-corrected chi connectivity index (χ1v) is 11.5. The van der Waals surface area contributed by atoms with E-state index in [-0.39, 0.29) is 24.0 Å². The predicted molar refractivity (Wildman–Crippen MR) is 125 cm³/mol. The topological polar surface area (TPSA) is 73.6 Å². The van der Waals surface area contributed by atoms with Gasteiger partial charge < -0.3 is 14.7 Å². The molecule has 0 radical (unpaired) electrons. The second-order valence-corrected chi connectivity index (χ2v) is 8.95. The molecule has 2 aliphatic rings. The summed E-state index contributed by atoms with van der Waals surface area (Å²) in [7, 11) is 0. The number of hydrogen-bond acceptors (Lipinski definition) is 4. The Morgan fingerprint density at radius 1 is 1.12 bits per heavy atom. The van der Waals surface area contributed by atoms with Gasteiger partial charge in [-0.05, 0) is 52.8 Å². The first-order valence-electron chi connectivity index (χ1n) is 11.5. The van der Waals surface area contributed by atoms with Crippen molar-refractivity contribution < 1.29 is 19.0 Å². The van der Waals surface area contributed by atoms with Crippen molar-refractivity contribution in [3.63, 3.8) is 0 Å². The number of likely N-dealkylation sites (tertiary alicyclic amines) is 1. The molecule has 1 heterocycles. The summed E-state index contributed by atoms with van der Waals surface area (Å²) in [6, 6.07) is 22.3. The third kappa shape index (κ3) is 4.04. The number of carbonyl (C=O) groups is 1. The molecular formula is C28H25FN2O3. The van der Waals surface area contributed by atoms with Gasteiger partial charge in [0.15, 0.2) is 0 Å². The molecule has 5 nitrogen and oxygen atoms in total.